The minimum absolute atomic E-state index is 0.0155. The Labute approximate surface area is 196 Å². The molecule has 8 nitrogen and oxygen atoms in total. The van der Waals surface area contributed by atoms with Crippen molar-refractivity contribution in [2.45, 2.75) is 12.1 Å². The van der Waals surface area contributed by atoms with Gasteiger partial charge in [0, 0.05) is 54.9 Å². The molecule has 2 aromatic rings. The molecule has 0 radical (unpaired) electrons. The number of primary amides is 1. The molecular formula is C22H25Cl2N5O3. The number of nitrogens with two attached hydrogens (primary N) is 1. The summed E-state index contributed by atoms with van der Waals surface area (Å²) in [5, 5.41) is 14.4. The van der Waals surface area contributed by atoms with Gasteiger partial charge in [0.15, 0.2) is 0 Å². The van der Waals surface area contributed by atoms with Crippen molar-refractivity contribution < 1.29 is 14.7 Å². The number of rotatable bonds is 4. The second kappa shape index (κ2) is 9.54. The number of aliphatic hydroxyl groups excluding tert-OH is 1. The number of benzene rings is 2. The number of aliphatic hydroxyl groups is 1. The smallest absolute Gasteiger partial charge is 0.316 e. The molecule has 32 heavy (non-hydrogen) atoms. The van der Waals surface area contributed by atoms with E-state index in [1.54, 1.807) is 36.4 Å². The number of hydrogen-bond acceptors (Lipinski definition) is 5. The quantitative estimate of drug-likeness (QED) is 0.627. The number of nitrogens with zero attached hydrogens (tertiary/aromatic N) is 3. The summed E-state index contributed by atoms with van der Waals surface area (Å²) < 4.78 is 0. The second-order valence-electron chi connectivity index (χ2n) is 8.03. The van der Waals surface area contributed by atoms with Crippen molar-refractivity contribution >= 4 is 46.5 Å². The fourth-order valence-corrected chi connectivity index (χ4v) is 4.67. The van der Waals surface area contributed by atoms with E-state index in [0.717, 1.165) is 5.69 Å². The molecule has 0 saturated carbocycles. The van der Waals surface area contributed by atoms with Crippen molar-refractivity contribution in [2.24, 2.45) is 5.73 Å². The molecule has 0 aromatic heterocycles. The van der Waals surface area contributed by atoms with Crippen molar-refractivity contribution in [3.63, 3.8) is 0 Å². The van der Waals surface area contributed by atoms with Crippen LogP contribution in [0.3, 0.4) is 0 Å². The summed E-state index contributed by atoms with van der Waals surface area (Å²) in [5.74, 6) is -0.0155. The van der Waals surface area contributed by atoms with Gasteiger partial charge in [-0.3, -0.25) is 9.69 Å². The van der Waals surface area contributed by atoms with Crippen LogP contribution in [0.15, 0.2) is 42.5 Å². The van der Waals surface area contributed by atoms with E-state index in [1.165, 1.54) is 0 Å². The minimum Gasteiger partial charge on any atom is -0.390 e. The molecule has 10 heteroatoms. The Kier molecular flexibility index (Phi) is 6.76. The first kappa shape index (κ1) is 22.7. The van der Waals surface area contributed by atoms with E-state index in [0.29, 0.717) is 60.6 Å². The van der Waals surface area contributed by atoms with Crippen LogP contribution in [0.5, 0.6) is 0 Å². The highest BCUT2D eigenvalue weighted by Crippen LogP contribution is 2.33. The standard InChI is InChI=1S/C22H25Cl2N5O3/c23-15-3-1-14(2-4-15)21(31)28-9-7-27(8-10-28)19-12-29(13-20(19)30)18-6-5-16(24)11-17(18)26-22(25)32/h1-6,11,19-20,30H,7-10,12-13H2,(H3,25,26,32)/t19-,20-/m1/s1. The van der Waals surface area contributed by atoms with Gasteiger partial charge in [-0.15, -0.1) is 0 Å². The normalized spacial score (nSPS) is 21.6. The first-order chi connectivity index (χ1) is 15.3. The fourth-order valence-electron chi connectivity index (χ4n) is 4.37. The molecule has 170 valence electrons. The van der Waals surface area contributed by atoms with Crippen molar-refractivity contribution in [1.82, 2.24) is 9.80 Å². The molecule has 2 fully saturated rings. The molecule has 0 aliphatic carbocycles. The number of amides is 3. The van der Waals surface area contributed by atoms with Crippen LogP contribution in [-0.2, 0) is 0 Å². The summed E-state index contributed by atoms with van der Waals surface area (Å²) in [6.45, 7) is 3.51. The molecule has 0 unspecified atom stereocenters. The predicted octanol–water partition coefficient (Wildman–Crippen LogP) is 2.49. The minimum atomic E-state index is -0.675. The van der Waals surface area contributed by atoms with Gasteiger partial charge in [-0.2, -0.15) is 0 Å². The van der Waals surface area contributed by atoms with Gasteiger partial charge in [0.2, 0.25) is 0 Å². The van der Waals surface area contributed by atoms with E-state index in [4.69, 9.17) is 28.9 Å². The lowest BCUT2D eigenvalue weighted by Crippen LogP contribution is -2.54. The number of nitrogens with one attached hydrogen (secondary N) is 1. The third-order valence-electron chi connectivity index (χ3n) is 5.98. The lowest BCUT2D eigenvalue weighted by Gasteiger charge is -2.38. The average molecular weight is 478 g/mol. The maximum absolute atomic E-state index is 12.7. The number of β-amino-alcohol motifs (C(OH)–C–C–N with tert-alkyl or cyclic N) is 1. The van der Waals surface area contributed by atoms with Crippen LogP contribution in [0.4, 0.5) is 16.2 Å². The number of carbonyl (C=O) groups is 2. The van der Waals surface area contributed by atoms with Crippen LogP contribution < -0.4 is 16.0 Å². The Morgan fingerprint density at radius 3 is 2.28 bits per heavy atom. The first-order valence-electron chi connectivity index (χ1n) is 10.4. The highest BCUT2D eigenvalue weighted by atomic mass is 35.5. The molecule has 4 N–H and O–H groups in total. The van der Waals surface area contributed by atoms with Crippen LogP contribution in [-0.4, -0.2) is 78.3 Å². The van der Waals surface area contributed by atoms with Crippen molar-refractivity contribution in [3.8, 4) is 0 Å². The summed E-state index contributed by atoms with van der Waals surface area (Å²) in [6.07, 6.45) is -0.564. The van der Waals surface area contributed by atoms with Crippen LogP contribution in [0.1, 0.15) is 10.4 Å². The van der Waals surface area contributed by atoms with E-state index < -0.39 is 12.1 Å². The van der Waals surface area contributed by atoms with E-state index in [1.807, 2.05) is 15.9 Å². The van der Waals surface area contributed by atoms with E-state index >= 15 is 0 Å². The Morgan fingerprint density at radius 2 is 1.62 bits per heavy atom. The predicted molar refractivity (Wildman–Crippen MR) is 126 cm³/mol. The third kappa shape index (κ3) is 4.94. The third-order valence-corrected chi connectivity index (χ3v) is 6.46. The summed E-state index contributed by atoms with van der Waals surface area (Å²) in [4.78, 5) is 30.2. The fraction of sp³-hybridized carbons (Fsp3) is 0.364. The summed E-state index contributed by atoms with van der Waals surface area (Å²) in [7, 11) is 0. The van der Waals surface area contributed by atoms with Gasteiger partial charge in [-0.05, 0) is 42.5 Å². The van der Waals surface area contributed by atoms with Gasteiger partial charge >= 0.3 is 6.03 Å². The van der Waals surface area contributed by atoms with E-state index in [-0.39, 0.29) is 11.9 Å². The summed E-state index contributed by atoms with van der Waals surface area (Å²) in [5.41, 5.74) is 7.18. The molecular weight excluding hydrogens is 453 g/mol. The Balaban J connectivity index is 1.40. The number of urea groups is 1. The Morgan fingerprint density at radius 1 is 0.969 bits per heavy atom. The maximum Gasteiger partial charge on any atom is 0.316 e. The first-order valence-corrected chi connectivity index (χ1v) is 11.2. The van der Waals surface area contributed by atoms with Crippen LogP contribution in [0.2, 0.25) is 10.0 Å². The largest absolute Gasteiger partial charge is 0.390 e. The zero-order chi connectivity index (χ0) is 22.8. The van der Waals surface area contributed by atoms with Crippen LogP contribution >= 0.6 is 23.2 Å². The number of anilines is 2. The van der Waals surface area contributed by atoms with E-state index in [2.05, 4.69) is 10.2 Å². The van der Waals surface area contributed by atoms with Gasteiger partial charge in [0.05, 0.1) is 23.5 Å². The van der Waals surface area contributed by atoms with Crippen molar-refractivity contribution in [2.75, 3.05) is 49.5 Å². The monoisotopic (exact) mass is 477 g/mol. The lowest BCUT2D eigenvalue weighted by atomic mass is 10.1. The van der Waals surface area contributed by atoms with Crippen LogP contribution in [0, 0.1) is 0 Å². The van der Waals surface area contributed by atoms with Crippen molar-refractivity contribution in [3.05, 3.63) is 58.1 Å². The molecule has 2 aromatic carbocycles. The van der Waals surface area contributed by atoms with Gasteiger partial charge in [0.1, 0.15) is 0 Å². The molecule has 0 spiro atoms. The van der Waals surface area contributed by atoms with Gasteiger partial charge in [0.25, 0.3) is 5.91 Å². The molecule has 2 heterocycles. The molecule has 3 amide bonds. The highest BCUT2D eigenvalue weighted by Gasteiger charge is 2.38. The van der Waals surface area contributed by atoms with Crippen molar-refractivity contribution in [1.29, 1.82) is 0 Å². The van der Waals surface area contributed by atoms with Crippen LogP contribution in [0.25, 0.3) is 0 Å². The zero-order valence-corrected chi connectivity index (χ0v) is 18.9. The van der Waals surface area contributed by atoms with Gasteiger partial charge in [-0.1, -0.05) is 23.2 Å². The average Bonchev–Trinajstić information content (AvgIpc) is 3.15. The molecule has 2 atom stereocenters. The Bertz CT molecular complexity index is 996. The second-order valence-corrected chi connectivity index (χ2v) is 8.90. The lowest BCUT2D eigenvalue weighted by molar-refractivity contribution is 0.0376. The number of hydrogen-bond donors (Lipinski definition) is 3. The van der Waals surface area contributed by atoms with Gasteiger partial charge < -0.3 is 26.0 Å². The summed E-state index contributed by atoms with van der Waals surface area (Å²) >= 11 is 12.0. The maximum atomic E-state index is 12.7. The summed E-state index contributed by atoms with van der Waals surface area (Å²) in [6, 6.07) is 11.3. The van der Waals surface area contributed by atoms with Gasteiger partial charge in [-0.25, -0.2) is 4.79 Å². The number of carbonyl (C=O) groups excluding carboxylic acids is 2. The molecule has 4 rings (SSSR count). The molecule has 2 saturated heterocycles. The number of piperazine rings is 1. The topological polar surface area (TPSA) is 102 Å². The molecule has 2 aliphatic rings. The molecule has 0 bridgehead atoms. The van der Waals surface area contributed by atoms with E-state index in [9.17, 15) is 14.7 Å². The zero-order valence-electron chi connectivity index (χ0n) is 17.4. The Hall–Kier alpha value is -2.52. The molecule has 2 aliphatic heterocycles. The number of halogens is 2. The highest BCUT2D eigenvalue weighted by molar-refractivity contribution is 6.31. The SMILES string of the molecule is NC(=O)Nc1cc(Cl)ccc1N1C[C@@H](O)[C@H](N2CCN(C(=O)c3ccc(Cl)cc3)CC2)C1.